The van der Waals surface area contributed by atoms with E-state index in [1.807, 2.05) is 30.3 Å². The van der Waals surface area contributed by atoms with Crippen LogP contribution in [0.15, 0.2) is 46.9 Å². The fourth-order valence-corrected chi connectivity index (χ4v) is 3.80. The molecular weight excluding hydrogens is 398 g/mol. The highest BCUT2D eigenvalue weighted by Gasteiger charge is 2.38. The summed E-state index contributed by atoms with van der Waals surface area (Å²) in [5.41, 5.74) is 0.790. The van der Waals surface area contributed by atoms with Gasteiger partial charge in [0.15, 0.2) is 0 Å². The van der Waals surface area contributed by atoms with E-state index in [4.69, 9.17) is 14.2 Å². The Hall–Kier alpha value is -2.05. The summed E-state index contributed by atoms with van der Waals surface area (Å²) in [6.45, 7) is 1.60. The normalized spacial score (nSPS) is 16.0. The number of benzene rings is 2. The van der Waals surface area contributed by atoms with E-state index in [0.717, 1.165) is 31.5 Å². The number of hydrogen-bond acceptors (Lipinski definition) is 5. The Labute approximate surface area is 161 Å². The first kappa shape index (κ1) is 18.7. The average molecular weight is 420 g/mol. The molecule has 0 atom stereocenters. The minimum atomic E-state index is -0.628. The number of piperidine rings is 1. The summed E-state index contributed by atoms with van der Waals surface area (Å²) in [6, 6.07) is 13.3. The molecule has 1 heterocycles. The summed E-state index contributed by atoms with van der Waals surface area (Å²) in [6.07, 6.45) is 1.46. The van der Waals surface area contributed by atoms with E-state index >= 15 is 0 Å². The molecule has 2 aromatic carbocycles. The second-order valence-corrected chi connectivity index (χ2v) is 6.99. The van der Waals surface area contributed by atoms with Crippen molar-refractivity contribution in [2.24, 2.45) is 0 Å². The van der Waals surface area contributed by atoms with Crippen LogP contribution in [0.4, 0.5) is 0 Å². The van der Waals surface area contributed by atoms with Crippen molar-refractivity contribution >= 4 is 21.9 Å². The minimum absolute atomic E-state index is 0.389. The maximum Gasteiger partial charge on any atom is 0.339 e. The van der Waals surface area contributed by atoms with Gasteiger partial charge in [0.1, 0.15) is 21.6 Å². The zero-order valence-electron chi connectivity index (χ0n) is 14.9. The van der Waals surface area contributed by atoms with Crippen LogP contribution in [0.5, 0.6) is 11.5 Å². The van der Waals surface area contributed by atoms with Gasteiger partial charge in [-0.3, -0.25) is 0 Å². The van der Waals surface area contributed by atoms with E-state index in [1.54, 1.807) is 26.4 Å². The lowest BCUT2D eigenvalue weighted by atomic mass is 9.84. The molecule has 0 unspecified atom stereocenters. The number of hydrogen-bond donors (Lipinski definition) is 1. The predicted molar refractivity (Wildman–Crippen MR) is 103 cm³/mol. The SMILES string of the molecule is COc1cc(C(=O)OC2(c3ccccc3)CCNCC2)cc(OC)c1Br. The quantitative estimate of drug-likeness (QED) is 0.744. The van der Waals surface area contributed by atoms with Gasteiger partial charge < -0.3 is 19.5 Å². The molecule has 0 aromatic heterocycles. The van der Waals surface area contributed by atoms with E-state index < -0.39 is 5.60 Å². The third kappa shape index (κ3) is 3.71. The van der Waals surface area contributed by atoms with E-state index in [9.17, 15) is 4.79 Å². The largest absolute Gasteiger partial charge is 0.495 e. The Bertz CT molecular complexity index is 748. The second-order valence-electron chi connectivity index (χ2n) is 6.19. The molecule has 5 nitrogen and oxygen atoms in total. The lowest BCUT2D eigenvalue weighted by Gasteiger charge is -2.37. The number of rotatable bonds is 5. The topological polar surface area (TPSA) is 56.8 Å². The van der Waals surface area contributed by atoms with Crippen molar-refractivity contribution < 1.29 is 19.0 Å². The third-order valence-corrected chi connectivity index (χ3v) is 5.46. The van der Waals surface area contributed by atoms with Crippen LogP contribution < -0.4 is 14.8 Å². The number of carbonyl (C=O) groups is 1. The fraction of sp³-hybridized carbons (Fsp3) is 0.350. The third-order valence-electron chi connectivity index (χ3n) is 4.68. The van der Waals surface area contributed by atoms with Gasteiger partial charge in [0.25, 0.3) is 0 Å². The van der Waals surface area contributed by atoms with Crippen molar-refractivity contribution in [3.63, 3.8) is 0 Å². The Morgan fingerprint density at radius 1 is 1.04 bits per heavy atom. The number of methoxy groups -OCH3 is 2. The standard InChI is InChI=1S/C20H22BrNO4/c1-24-16-12-14(13-17(25-2)18(16)21)19(23)26-20(8-10-22-11-9-20)15-6-4-3-5-7-15/h3-7,12-13,22H,8-11H2,1-2H3. The van der Waals surface area contributed by atoms with E-state index in [1.165, 1.54) is 0 Å². The summed E-state index contributed by atoms with van der Waals surface area (Å²) in [4.78, 5) is 13.0. The van der Waals surface area contributed by atoms with Gasteiger partial charge in [-0.25, -0.2) is 4.79 Å². The Morgan fingerprint density at radius 2 is 1.62 bits per heavy atom. The number of esters is 1. The second kappa shape index (κ2) is 8.10. The molecule has 2 aromatic rings. The summed E-state index contributed by atoms with van der Waals surface area (Å²) >= 11 is 3.42. The number of ether oxygens (including phenoxy) is 3. The first-order chi connectivity index (χ1) is 12.6. The molecule has 0 amide bonds. The van der Waals surface area contributed by atoms with Gasteiger partial charge in [0.2, 0.25) is 0 Å². The van der Waals surface area contributed by atoms with Crippen molar-refractivity contribution in [3.05, 3.63) is 58.1 Å². The lowest BCUT2D eigenvalue weighted by molar-refractivity contribution is -0.0379. The monoisotopic (exact) mass is 419 g/mol. The van der Waals surface area contributed by atoms with Crippen LogP contribution >= 0.6 is 15.9 Å². The molecule has 3 rings (SSSR count). The van der Waals surface area contributed by atoms with Crippen LogP contribution in [0.3, 0.4) is 0 Å². The summed E-state index contributed by atoms with van der Waals surface area (Å²) in [5, 5.41) is 3.33. The van der Waals surface area contributed by atoms with Crippen LogP contribution in [0.25, 0.3) is 0 Å². The van der Waals surface area contributed by atoms with Gasteiger partial charge in [-0.2, -0.15) is 0 Å². The van der Waals surface area contributed by atoms with Crippen molar-refractivity contribution in [2.45, 2.75) is 18.4 Å². The molecule has 0 aliphatic carbocycles. The molecule has 1 aliphatic heterocycles. The highest BCUT2D eigenvalue weighted by molar-refractivity contribution is 9.10. The maximum atomic E-state index is 13.0. The molecule has 1 aliphatic rings. The van der Waals surface area contributed by atoms with Gasteiger partial charge in [0, 0.05) is 12.8 Å². The zero-order chi connectivity index (χ0) is 18.6. The molecule has 0 radical (unpaired) electrons. The Kier molecular flexibility index (Phi) is 5.84. The van der Waals surface area contributed by atoms with Gasteiger partial charge in [-0.15, -0.1) is 0 Å². The van der Waals surface area contributed by atoms with Gasteiger partial charge >= 0.3 is 5.97 Å². The van der Waals surface area contributed by atoms with E-state index in [2.05, 4.69) is 21.2 Å². The van der Waals surface area contributed by atoms with Gasteiger partial charge in [0.05, 0.1) is 19.8 Å². The Morgan fingerprint density at radius 3 is 2.15 bits per heavy atom. The first-order valence-electron chi connectivity index (χ1n) is 8.51. The highest BCUT2D eigenvalue weighted by atomic mass is 79.9. The van der Waals surface area contributed by atoms with Gasteiger partial charge in [-0.05, 0) is 46.7 Å². The predicted octanol–water partition coefficient (Wildman–Crippen LogP) is 3.90. The van der Waals surface area contributed by atoms with Crippen molar-refractivity contribution in [1.82, 2.24) is 5.32 Å². The number of nitrogens with one attached hydrogen (secondary N) is 1. The maximum absolute atomic E-state index is 13.0. The molecule has 1 fully saturated rings. The first-order valence-corrected chi connectivity index (χ1v) is 9.30. The summed E-state index contributed by atoms with van der Waals surface area (Å²) in [7, 11) is 3.10. The lowest BCUT2D eigenvalue weighted by Crippen LogP contribution is -2.43. The summed E-state index contributed by atoms with van der Waals surface area (Å²) in [5.74, 6) is 0.658. The molecule has 26 heavy (non-hydrogen) atoms. The molecule has 0 saturated carbocycles. The summed E-state index contributed by atoms with van der Waals surface area (Å²) < 4.78 is 17.4. The van der Waals surface area contributed by atoms with Crippen LogP contribution in [0, 0.1) is 0 Å². The van der Waals surface area contributed by atoms with E-state index in [0.29, 0.717) is 21.5 Å². The molecule has 6 heteroatoms. The molecule has 0 spiro atoms. The van der Waals surface area contributed by atoms with Crippen molar-refractivity contribution in [3.8, 4) is 11.5 Å². The Balaban J connectivity index is 1.94. The minimum Gasteiger partial charge on any atom is -0.495 e. The van der Waals surface area contributed by atoms with Gasteiger partial charge in [-0.1, -0.05) is 30.3 Å². The molecule has 0 bridgehead atoms. The molecule has 1 N–H and O–H groups in total. The molecule has 1 saturated heterocycles. The molecular formula is C20H22BrNO4. The highest BCUT2D eigenvalue weighted by Crippen LogP contribution is 2.38. The number of halogens is 1. The van der Waals surface area contributed by atoms with Crippen molar-refractivity contribution in [1.29, 1.82) is 0 Å². The van der Waals surface area contributed by atoms with Crippen molar-refractivity contribution in [2.75, 3.05) is 27.3 Å². The van der Waals surface area contributed by atoms with Crippen LogP contribution in [-0.4, -0.2) is 33.3 Å². The van der Waals surface area contributed by atoms with Crippen LogP contribution in [0.1, 0.15) is 28.8 Å². The smallest absolute Gasteiger partial charge is 0.339 e. The van der Waals surface area contributed by atoms with E-state index in [-0.39, 0.29) is 5.97 Å². The number of carbonyl (C=O) groups excluding carboxylic acids is 1. The fourth-order valence-electron chi connectivity index (χ4n) is 3.25. The van der Waals surface area contributed by atoms with Crippen LogP contribution in [0.2, 0.25) is 0 Å². The zero-order valence-corrected chi connectivity index (χ0v) is 16.5. The van der Waals surface area contributed by atoms with Crippen LogP contribution in [-0.2, 0) is 10.3 Å². The average Bonchev–Trinajstić information content (AvgIpc) is 2.69. The molecule has 138 valence electrons.